The van der Waals surface area contributed by atoms with E-state index in [4.69, 9.17) is 0 Å². The fourth-order valence-corrected chi connectivity index (χ4v) is 5.18. The van der Waals surface area contributed by atoms with Gasteiger partial charge >= 0.3 is 0 Å². The lowest BCUT2D eigenvalue weighted by Gasteiger charge is -2.28. The molecule has 0 N–H and O–H groups in total. The smallest absolute Gasteiger partial charge is 0.0567 e. The van der Waals surface area contributed by atoms with Gasteiger partial charge in [-0.05, 0) is 41.2 Å². The molecule has 2 aliphatic rings. The maximum Gasteiger partial charge on any atom is 0.0567 e. The van der Waals surface area contributed by atoms with E-state index in [2.05, 4.69) is 82.3 Å². The van der Waals surface area contributed by atoms with Crippen molar-refractivity contribution < 1.29 is 0 Å². The molecule has 0 bridgehead atoms. The fourth-order valence-electron chi connectivity index (χ4n) is 5.18. The first kappa shape index (κ1) is 16.1. The monoisotopic (exact) mass is 364 g/mol. The second-order valence-corrected chi connectivity index (χ2v) is 8.15. The summed E-state index contributed by atoms with van der Waals surface area (Å²) in [5, 5.41) is 1.46. The average molecular weight is 364 g/mol. The maximum atomic E-state index is 2.60. The number of para-hydroxylation sites is 2. The van der Waals surface area contributed by atoms with Crippen molar-refractivity contribution in [1.82, 2.24) is 9.47 Å². The van der Waals surface area contributed by atoms with Crippen molar-refractivity contribution >= 4 is 10.9 Å². The Morgan fingerprint density at radius 3 is 2.43 bits per heavy atom. The highest BCUT2D eigenvalue weighted by atomic mass is 15.1. The summed E-state index contributed by atoms with van der Waals surface area (Å²) in [6.07, 6.45) is 3.38. The molecule has 28 heavy (non-hydrogen) atoms. The minimum absolute atomic E-state index is 1.03. The minimum Gasteiger partial charge on any atom is -0.313 e. The van der Waals surface area contributed by atoms with E-state index >= 15 is 0 Å². The first-order chi connectivity index (χ1) is 13.9. The molecule has 2 heteroatoms. The second kappa shape index (κ2) is 6.35. The molecule has 0 fully saturated rings. The van der Waals surface area contributed by atoms with Gasteiger partial charge in [0.05, 0.1) is 5.52 Å². The molecule has 3 aromatic carbocycles. The van der Waals surface area contributed by atoms with Crippen molar-refractivity contribution in [2.24, 2.45) is 0 Å². The Kier molecular flexibility index (Phi) is 3.66. The average Bonchev–Trinajstić information content (AvgIpc) is 2.97. The molecule has 0 unspecified atom stereocenters. The molecule has 0 saturated heterocycles. The molecule has 0 amide bonds. The zero-order valence-electron chi connectivity index (χ0n) is 16.1. The molecule has 0 saturated carbocycles. The highest BCUT2D eigenvalue weighted by molar-refractivity contribution is 5.91. The SMILES string of the molecule is c1ccc(CN2CCc3c(c4cccc5c4n3-c3ccccc3CC5)C2)cc1. The van der Waals surface area contributed by atoms with E-state index in [-0.39, 0.29) is 0 Å². The largest absolute Gasteiger partial charge is 0.313 e. The van der Waals surface area contributed by atoms with Crippen LogP contribution in [-0.4, -0.2) is 16.0 Å². The number of aromatic nitrogens is 1. The predicted octanol–water partition coefficient (Wildman–Crippen LogP) is 5.29. The summed E-state index contributed by atoms with van der Waals surface area (Å²) in [6, 6.07) is 26.8. The van der Waals surface area contributed by atoms with Crippen LogP contribution in [0.5, 0.6) is 0 Å². The second-order valence-electron chi connectivity index (χ2n) is 8.15. The van der Waals surface area contributed by atoms with Gasteiger partial charge in [-0.1, -0.05) is 66.7 Å². The van der Waals surface area contributed by atoms with Crippen LogP contribution < -0.4 is 0 Å². The topological polar surface area (TPSA) is 8.17 Å². The van der Waals surface area contributed by atoms with Crippen LogP contribution in [0.2, 0.25) is 0 Å². The Labute approximate surface area is 166 Å². The van der Waals surface area contributed by atoms with Gasteiger partial charge in [-0.15, -0.1) is 0 Å². The fraction of sp³-hybridized carbons (Fsp3) is 0.231. The van der Waals surface area contributed by atoms with E-state index < -0.39 is 0 Å². The summed E-state index contributed by atoms with van der Waals surface area (Å²) < 4.78 is 2.60. The quantitative estimate of drug-likeness (QED) is 0.469. The zero-order chi connectivity index (χ0) is 18.5. The Bertz CT molecular complexity index is 1170. The van der Waals surface area contributed by atoms with E-state index in [9.17, 15) is 0 Å². The summed E-state index contributed by atoms with van der Waals surface area (Å²) >= 11 is 0. The van der Waals surface area contributed by atoms with Crippen molar-refractivity contribution in [2.45, 2.75) is 32.4 Å². The van der Waals surface area contributed by atoms with E-state index in [1.54, 1.807) is 0 Å². The molecule has 3 heterocycles. The third kappa shape index (κ3) is 2.45. The Balaban J connectivity index is 1.50. The number of hydrogen-bond donors (Lipinski definition) is 0. The van der Waals surface area contributed by atoms with Crippen molar-refractivity contribution in [3.05, 3.63) is 101 Å². The van der Waals surface area contributed by atoms with Gasteiger partial charge in [0.2, 0.25) is 0 Å². The van der Waals surface area contributed by atoms with Crippen LogP contribution in [0, 0.1) is 0 Å². The van der Waals surface area contributed by atoms with Crippen LogP contribution in [0.1, 0.15) is 27.9 Å². The molecule has 2 aliphatic heterocycles. The van der Waals surface area contributed by atoms with E-state index in [1.807, 2.05) is 0 Å². The van der Waals surface area contributed by atoms with Crippen molar-refractivity contribution in [3.63, 3.8) is 0 Å². The summed E-state index contributed by atoms with van der Waals surface area (Å²) in [7, 11) is 0. The Morgan fingerprint density at radius 1 is 0.714 bits per heavy atom. The van der Waals surface area contributed by atoms with Crippen molar-refractivity contribution in [2.75, 3.05) is 6.54 Å². The third-order valence-corrected chi connectivity index (χ3v) is 6.48. The first-order valence-corrected chi connectivity index (χ1v) is 10.4. The Hall–Kier alpha value is -2.84. The first-order valence-electron chi connectivity index (χ1n) is 10.4. The lowest BCUT2D eigenvalue weighted by atomic mass is 9.99. The summed E-state index contributed by atoms with van der Waals surface area (Å²) in [5.41, 5.74) is 10.3. The van der Waals surface area contributed by atoms with Gasteiger partial charge in [0.25, 0.3) is 0 Å². The van der Waals surface area contributed by atoms with E-state index in [1.165, 1.54) is 44.5 Å². The van der Waals surface area contributed by atoms with E-state index in [0.717, 1.165) is 38.9 Å². The summed E-state index contributed by atoms with van der Waals surface area (Å²) in [6.45, 7) is 3.19. The molecular formula is C26H24N2. The molecule has 2 nitrogen and oxygen atoms in total. The summed E-state index contributed by atoms with van der Waals surface area (Å²) in [5.74, 6) is 0. The van der Waals surface area contributed by atoms with E-state index in [0.29, 0.717) is 0 Å². The number of benzene rings is 3. The van der Waals surface area contributed by atoms with Gasteiger partial charge in [0.1, 0.15) is 0 Å². The predicted molar refractivity (Wildman–Crippen MR) is 115 cm³/mol. The number of aryl methyl sites for hydroxylation is 2. The molecular weight excluding hydrogens is 340 g/mol. The zero-order valence-corrected chi connectivity index (χ0v) is 16.1. The van der Waals surface area contributed by atoms with Gasteiger partial charge in [-0.2, -0.15) is 0 Å². The minimum atomic E-state index is 1.03. The van der Waals surface area contributed by atoms with Gasteiger partial charge < -0.3 is 4.57 Å². The normalized spacial score (nSPS) is 15.9. The lowest BCUT2D eigenvalue weighted by Crippen LogP contribution is -2.30. The standard InChI is InChI=1S/C26H24N2/c1-2-7-19(8-3-1)17-27-16-15-25-23(18-27)22-11-6-10-21-14-13-20-9-4-5-12-24(20)28(25)26(21)22/h1-12H,13-18H2. The molecule has 0 atom stereocenters. The molecule has 0 radical (unpaired) electrons. The van der Waals surface area contributed by atoms with Crippen molar-refractivity contribution in [1.29, 1.82) is 0 Å². The number of nitrogens with zero attached hydrogens (tertiary/aromatic N) is 2. The van der Waals surface area contributed by atoms with Gasteiger partial charge in [0, 0.05) is 42.8 Å². The molecule has 6 rings (SSSR count). The summed E-state index contributed by atoms with van der Waals surface area (Å²) in [4.78, 5) is 2.60. The van der Waals surface area contributed by atoms with Crippen LogP contribution in [0.4, 0.5) is 0 Å². The van der Waals surface area contributed by atoms with Gasteiger partial charge in [-0.25, -0.2) is 0 Å². The highest BCUT2D eigenvalue weighted by Crippen LogP contribution is 2.38. The molecule has 1 aromatic heterocycles. The maximum absolute atomic E-state index is 2.60. The van der Waals surface area contributed by atoms with Crippen molar-refractivity contribution in [3.8, 4) is 5.69 Å². The molecule has 0 spiro atoms. The molecule has 138 valence electrons. The van der Waals surface area contributed by atoms with Gasteiger partial charge in [-0.3, -0.25) is 4.90 Å². The van der Waals surface area contributed by atoms with Crippen LogP contribution in [0.3, 0.4) is 0 Å². The molecule has 4 aromatic rings. The lowest BCUT2D eigenvalue weighted by molar-refractivity contribution is 0.245. The number of hydrogen-bond acceptors (Lipinski definition) is 1. The highest BCUT2D eigenvalue weighted by Gasteiger charge is 2.27. The van der Waals surface area contributed by atoms with Crippen LogP contribution in [0.25, 0.3) is 16.6 Å². The van der Waals surface area contributed by atoms with Crippen LogP contribution in [0.15, 0.2) is 72.8 Å². The van der Waals surface area contributed by atoms with Gasteiger partial charge in [0.15, 0.2) is 0 Å². The number of fused-ring (bicyclic) bond motifs is 5. The van der Waals surface area contributed by atoms with Crippen LogP contribution in [-0.2, 0) is 32.4 Å². The number of rotatable bonds is 2. The Morgan fingerprint density at radius 2 is 1.50 bits per heavy atom. The molecule has 0 aliphatic carbocycles. The third-order valence-electron chi connectivity index (χ3n) is 6.48. The van der Waals surface area contributed by atoms with Crippen LogP contribution >= 0.6 is 0 Å².